The SMILES string of the molecule is COCC(NC(=O)N[C@@H](CC(=O)O)C(=O)O)C(C)C. The lowest BCUT2D eigenvalue weighted by molar-refractivity contribution is -0.145. The van der Waals surface area contributed by atoms with Gasteiger partial charge in [-0.2, -0.15) is 0 Å². The Hall–Kier alpha value is -1.83. The summed E-state index contributed by atoms with van der Waals surface area (Å²) in [5.74, 6) is -2.61. The quantitative estimate of drug-likeness (QED) is 0.490. The van der Waals surface area contributed by atoms with E-state index in [1.165, 1.54) is 7.11 Å². The molecule has 110 valence electrons. The fourth-order valence-corrected chi connectivity index (χ4v) is 1.32. The van der Waals surface area contributed by atoms with Crippen LogP contribution in [-0.2, 0) is 14.3 Å². The van der Waals surface area contributed by atoms with Gasteiger partial charge in [-0.15, -0.1) is 0 Å². The number of carboxylic acid groups (broad SMARTS) is 2. The van der Waals surface area contributed by atoms with Crippen LogP contribution in [0.5, 0.6) is 0 Å². The van der Waals surface area contributed by atoms with Crippen LogP contribution < -0.4 is 10.6 Å². The van der Waals surface area contributed by atoms with Crippen molar-refractivity contribution in [3.63, 3.8) is 0 Å². The molecular weight excluding hydrogens is 256 g/mol. The maximum absolute atomic E-state index is 11.6. The van der Waals surface area contributed by atoms with Gasteiger partial charge in [-0.1, -0.05) is 13.8 Å². The van der Waals surface area contributed by atoms with Crippen LogP contribution in [0.1, 0.15) is 20.3 Å². The minimum Gasteiger partial charge on any atom is -0.481 e. The first-order chi connectivity index (χ1) is 8.77. The maximum atomic E-state index is 11.6. The number of urea groups is 1. The van der Waals surface area contributed by atoms with Crippen molar-refractivity contribution < 1.29 is 29.3 Å². The smallest absolute Gasteiger partial charge is 0.326 e. The summed E-state index contributed by atoms with van der Waals surface area (Å²) in [5.41, 5.74) is 0. The van der Waals surface area contributed by atoms with E-state index in [1.807, 2.05) is 13.8 Å². The van der Waals surface area contributed by atoms with Gasteiger partial charge in [0.05, 0.1) is 19.1 Å². The normalized spacial score (nSPS) is 13.7. The van der Waals surface area contributed by atoms with Gasteiger partial charge in [-0.05, 0) is 5.92 Å². The lowest BCUT2D eigenvalue weighted by Gasteiger charge is -2.22. The van der Waals surface area contributed by atoms with Gasteiger partial charge in [-0.25, -0.2) is 9.59 Å². The summed E-state index contributed by atoms with van der Waals surface area (Å²) in [4.78, 5) is 32.9. The number of carbonyl (C=O) groups excluding carboxylic acids is 1. The fraction of sp³-hybridized carbons (Fsp3) is 0.727. The van der Waals surface area contributed by atoms with Crippen LogP contribution in [0.3, 0.4) is 0 Å². The molecule has 0 aromatic rings. The Morgan fingerprint density at radius 3 is 2.11 bits per heavy atom. The molecule has 0 aliphatic carbocycles. The van der Waals surface area contributed by atoms with Crippen LogP contribution in [0.2, 0.25) is 0 Å². The maximum Gasteiger partial charge on any atom is 0.326 e. The van der Waals surface area contributed by atoms with Crippen LogP contribution in [0, 0.1) is 5.92 Å². The van der Waals surface area contributed by atoms with Crippen molar-refractivity contribution >= 4 is 18.0 Å². The number of hydrogen-bond donors (Lipinski definition) is 4. The van der Waals surface area contributed by atoms with Gasteiger partial charge >= 0.3 is 18.0 Å². The molecule has 2 amide bonds. The van der Waals surface area contributed by atoms with Crippen LogP contribution >= 0.6 is 0 Å². The summed E-state index contributed by atoms with van der Waals surface area (Å²) in [6.07, 6.45) is -0.681. The number of amides is 2. The number of ether oxygens (including phenoxy) is 1. The highest BCUT2D eigenvalue weighted by atomic mass is 16.5. The fourth-order valence-electron chi connectivity index (χ4n) is 1.32. The number of carbonyl (C=O) groups is 3. The first-order valence-corrected chi connectivity index (χ1v) is 5.78. The molecule has 8 heteroatoms. The average Bonchev–Trinajstić information content (AvgIpc) is 2.26. The summed E-state index contributed by atoms with van der Waals surface area (Å²) < 4.78 is 4.93. The third-order valence-corrected chi connectivity index (χ3v) is 2.45. The van der Waals surface area contributed by atoms with E-state index >= 15 is 0 Å². The number of rotatable bonds is 8. The molecule has 0 spiro atoms. The highest BCUT2D eigenvalue weighted by Crippen LogP contribution is 2.02. The molecule has 0 aliphatic rings. The second kappa shape index (κ2) is 8.30. The molecule has 2 atom stereocenters. The van der Waals surface area contributed by atoms with Crippen molar-refractivity contribution in [2.45, 2.75) is 32.4 Å². The number of carboxylic acids is 2. The molecule has 0 rings (SSSR count). The summed E-state index contributed by atoms with van der Waals surface area (Å²) in [7, 11) is 1.49. The van der Waals surface area contributed by atoms with Crippen molar-refractivity contribution in [3.8, 4) is 0 Å². The highest BCUT2D eigenvalue weighted by Gasteiger charge is 2.24. The van der Waals surface area contributed by atoms with Crippen molar-refractivity contribution in [2.75, 3.05) is 13.7 Å². The Labute approximate surface area is 111 Å². The Morgan fingerprint density at radius 1 is 1.16 bits per heavy atom. The van der Waals surface area contributed by atoms with Crippen LogP contribution in [0.15, 0.2) is 0 Å². The predicted octanol–water partition coefficient (Wildman–Crippen LogP) is -0.115. The van der Waals surface area contributed by atoms with E-state index < -0.39 is 30.4 Å². The van der Waals surface area contributed by atoms with Gasteiger partial charge in [0.25, 0.3) is 0 Å². The van der Waals surface area contributed by atoms with Crippen molar-refractivity contribution in [3.05, 3.63) is 0 Å². The van der Waals surface area contributed by atoms with Gasteiger partial charge in [0.1, 0.15) is 6.04 Å². The summed E-state index contributed by atoms with van der Waals surface area (Å²) in [6.45, 7) is 4.02. The lowest BCUT2D eigenvalue weighted by atomic mass is 10.1. The third kappa shape index (κ3) is 7.24. The average molecular weight is 276 g/mol. The van der Waals surface area contributed by atoms with E-state index in [2.05, 4.69) is 10.6 Å². The van der Waals surface area contributed by atoms with E-state index in [1.54, 1.807) is 0 Å². The van der Waals surface area contributed by atoms with Gasteiger partial charge in [-0.3, -0.25) is 4.79 Å². The Kier molecular flexibility index (Phi) is 7.50. The second-order valence-corrected chi connectivity index (χ2v) is 4.41. The zero-order valence-electron chi connectivity index (χ0n) is 11.2. The van der Waals surface area contributed by atoms with Gasteiger partial charge in [0.15, 0.2) is 0 Å². The van der Waals surface area contributed by atoms with E-state index in [-0.39, 0.29) is 18.6 Å². The number of aliphatic carboxylic acids is 2. The van der Waals surface area contributed by atoms with Crippen LogP contribution in [0.4, 0.5) is 4.79 Å². The standard InChI is InChI=1S/C11H20N2O6/c1-6(2)8(5-19-3)13-11(18)12-7(10(16)17)4-9(14)15/h6-8H,4-5H2,1-3H3,(H,14,15)(H,16,17)(H2,12,13,18)/t7-,8?/m0/s1. The summed E-state index contributed by atoms with van der Waals surface area (Å²) >= 11 is 0. The van der Waals surface area contributed by atoms with Gasteiger partial charge < -0.3 is 25.6 Å². The lowest BCUT2D eigenvalue weighted by Crippen LogP contribution is -2.52. The minimum atomic E-state index is -1.46. The Morgan fingerprint density at radius 2 is 1.74 bits per heavy atom. The van der Waals surface area contributed by atoms with Gasteiger partial charge in [0, 0.05) is 7.11 Å². The largest absolute Gasteiger partial charge is 0.481 e. The number of hydrogen-bond acceptors (Lipinski definition) is 4. The van der Waals surface area contributed by atoms with E-state index in [4.69, 9.17) is 14.9 Å². The molecule has 0 aromatic carbocycles. The zero-order valence-corrected chi connectivity index (χ0v) is 11.2. The molecule has 8 nitrogen and oxygen atoms in total. The Bertz CT molecular complexity index is 331. The van der Waals surface area contributed by atoms with E-state index in [9.17, 15) is 14.4 Å². The van der Waals surface area contributed by atoms with E-state index in [0.29, 0.717) is 0 Å². The molecule has 1 unspecified atom stereocenters. The van der Waals surface area contributed by atoms with Crippen molar-refractivity contribution in [2.24, 2.45) is 5.92 Å². The van der Waals surface area contributed by atoms with E-state index in [0.717, 1.165) is 0 Å². The minimum absolute atomic E-state index is 0.0912. The van der Waals surface area contributed by atoms with Crippen molar-refractivity contribution in [1.82, 2.24) is 10.6 Å². The van der Waals surface area contributed by atoms with Crippen LogP contribution in [-0.4, -0.2) is 54.0 Å². The Balaban J connectivity index is 4.47. The van der Waals surface area contributed by atoms with Crippen molar-refractivity contribution in [1.29, 1.82) is 0 Å². The second-order valence-electron chi connectivity index (χ2n) is 4.41. The molecule has 0 radical (unpaired) electrons. The van der Waals surface area contributed by atoms with Crippen LogP contribution in [0.25, 0.3) is 0 Å². The number of nitrogens with one attached hydrogen (secondary N) is 2. The monoisotopic (exact) mass is 276 g/mol. The zero-order chi connectivity index (χ0) is 15.0. The molecule has 0 aromatic heterocycles. The number of methoxy groups -OCH3 is 1. The molecule has 0 saturated carbocycles. The molecule has 0 heterocycles. The van der Waals surface area contributed by atoms with Gasteiger partial charge in [0.2, 0.25) is 0 Å². The molecule has 19 heavy (non-hydrogen) atoms. The molecular formula is C11H20N2O6. The molecule has 0 fully saturated rings. The summed E-state index contributed by atoms with van der Waals surface area (Å²) in [5, 5.41) is 22.0. The molecule has 4 N–H and O–H groups in total. The molecule has 0 bridgehead atoms. The highest BCUT2D eigenvalue weighted by molar-refractivity contribution is 5.86. The molecule has 0 saturated heterocycles. The molecule has 0 aliphatic heterocycles. The summed E-state index contributed by atoms with van der Waals surface area (Å²) in [6, 6.07) is -2.48. The predicted molar refractivity (Wildman–Crippen MR) is 65.8 cm³/mol. The first kappa shape index (κ1) is 17.2. The third-order valence-electron chi connectivity index (χ3n) is 2.45. The topological polar surface area (TPSA) is 125 Å². The first-order valence-electron chi connectivity index (χ1n) is 5.78.